The second kappa shape index (κ2) is 6.33. The van der Waals surface area contributed by atoms with Crippen LogP contribution in [0.3, 0.4) is 0 Å². The van der Waals surface area contributed by atoms with Gasteiger partial charge in [0.15, 0.2) is 11.5 Å². The van der Waals surface area contributed by atoms with Gasteiger partial charge in [0.05, 0.1) is 0 Å². The zero-order chi connectivity index (χ0) is 13.9. The number of halogens is 1. The van der Waals surface area contributed by atoms with Crippen molar-refractivity contribution in [1.82, 2.24) is 9.80 Å². The zero-order valence-electron chi connectivity index (χ0n) is 11.9. The first-order valence-electron chi connectivity index (χ1n) is 7.29. The number of piperazine rings is 1. The number of hydrogen-bond donors (Lipinski definition) is 0. The van der Waals surface area contributed by atoms with Crippen LogP contribution in [-0.2, 0) is 6.54 Å². The number of nitrogens with zero attached hydrogens (tertiary/aromatic N) is 2. The Kier molecular flexibility index (Phi) is 4.48. The van der Waals surface area contributed by atoms with Crippen molar-refractivity contribution in [3.8, 4) is 11.5 Å². The predicted octanol–water partition coefficient (Wildman–Crippen LogP) is 2.36. The van der Waals surface area contributed by atoms with Crippen LogP contribution >= 0.6 is 15.9 Å². The van der Waals surface area contributed by atoms with Crippen LogP contribution in [0.5, 0.6) is 11.5 Å². The van der Waals surface area contributed by atoms with Gasteiger partial charge in [-0.05, 0) is 24.2 Å². The standard InChI is InChI=1S/C15H21BrN2O2/c1-2-17-3-5-18(6-4-17)11-12-9-14-15(10-13(12)16)20-8-7-19-14/h9-10H,2-8,11H2,1H3. The van der Waals surface area contributed by atoms with Crippen LogP contribution in [0, 0.1) is 0 Å². The summed E-state index contributed by atoms with van der Waals surface area (Å²) in [6, 6.07) is 4.15. The van der Waals surface area contributed by atoms with Crippen LogP contribution in [0.1, 0.15) is 12.5 Å². The van der Waals surface area contributed by atoms with Gasteiger partial charge in [-0.1, -0.05) is 22.9 Å². The molecule has 1 aromatic rings. The minimum Gasteiger partial charge on any atom is -0.486 e. The molecule has 0 aliphatic carbocycles. The molecule has 2 aliphatic heterocycles. The molecule has 3 rings (SSSR count). The fourth-order valence-corrected chi connectivity index (χ4v) is 3.18. The second-order valence-electron chi connectivity index (χ2n) is 5.30. The van der Waals surface area contributed by atoms with E-state index < -0.39 is 0 Å². The topological polar surface area (TPSA) is 24.9 Å². The van der Waals surface area contributed by atoms with Gasteiger partial charge >= 0.3 is 0 Å². The Morgan fingerprint density at radius 1 is 1.00 bits per heavy atom. The van der Waals surface area contributed by atoms with E-state index in [0.717, 1.165) is 42.2 Å². The van der Waals surface area contributed by atoms with Gasteiger partial charge in [0.1, 0.15) is 13.2 Å². The smallest absolute Gasteiger partial charge is 0.162 e. The van der Waals surface area contributed by atoms with E-state index in [2.05, 4.69) is 38.7 Å². The highest BCUT2D eigenvalue weighted by molar-refractivity contribution is 9.10. The summed E-state index contributed by atoms with van der Waals surface area (Å²) < 4.78 is 12.4. The molecule has 1 fully saturated rings. The van der Waals surface area contributed by atoms with Gasteiger partial charge in [0.25, 0.3) is 0 Å². The first-order valence-corrected chi connectivity index (χ1v) is 8.08. The average molecular weight is 341 g/mol. The molecular weight excluding hydrogens is 320 g/mol. The highest BCUT2D eigenvalue weighted by Crippen LogP contribution is 2.36. The maximum Gasteiger partial charge on any atom is 0.162 e. The second-order valence-corrected chi connectivity index (χ2v) is 6.15. The summed E-state index contributed by atoms with van der Waals surface area (Å²) in [5, 5.41) is 0. The van der Waals surface area contributed by atoms with Crippen molar-refractivity contribution in [3.63, 3.8) is 0 Å². The Labute approximate surface area is 128 Å². The summed E-state index contributed by atoms with van der Waals surface area (Å²) in [6.07, 6.45) is 0. The zero-order valence-corrected chi connectivity index (χ0v) is 13.5. The van der Waals surface area contributed by atoms with Crippen LogP contribution in [0.15, 0.2) is 16.6 Å². The lowest BCUT2D eigenvalue weighted by Crippen LogP contribution is -2.45. The van der Waals surface area contributed by atoms with E-state index in [9.17, 15) is 0 Å². The van der Waals surface area contributed by atoms with E-state index in [1.165, 1.54) is 18.7 Å². The summed E-state index contributed by atoms with van der Waals surface area (Å²) in [5.74, 6) is 1.73. The largest absolute Gasteiger partial charge is 0.486 e. The van der Waals surface area contributed by atoms with Gasteiger partial charge in [-0.3, -0.25) is 4.90 Å². The molecular formula is C15H21BrN2O2. The molecule has 0 saturated carbocycles. The van der Waals surface area contributed by atoms with E-state index in [1.54, 1.807) is 0 Å². The molecule has 0 unspecified atom stereocenters. The third-order valence-electron chi connectivity index (χ3n) is 4.02. The summed E-state index contributed by atoms with van der Waals surface area (Å²) in [4.78, 5) is 5.00. The SMILES string of the molecule is CCN1CCN(Cc2cc3c(cc2Br)OCCO3)CC1. The molecule has 5 heteroatoms. The molecule has 2 aliphatic rings. The molecule has 0 spiro atoms. The molecule has 2 heterocycles. The Morgan fingerprint density at radius 3 is 2.25 bits per heavy atom. The van der Waals surface area contributed by atoms with E-state index in [4.69, 9.17) is 9.47 Å². The maximum atomic E-state index is 5.67. The molecule has 110 valence electrons. The van der Waals surface area contributed by atoms with Crippen LogP contribution in [-0.4, -0.2) is 55.7 Å². The molecule has 1 saturated heterocycles. The lowest BCUT2D eigenvalue weighted by molar-refractivity contribution is 0.131. The van der Waals surface area contributed by atoms with Crippen molar-refractivity contribution in [2.24, 2.45) is 0 Å². The van der Waals surface area contributed by atoms with E-state index >= 15 is 0 Å². The molecule has 0 atom stereocenters. The number of rotatable bonds is 3. The first kappa shape index (κ1) is 14.2. The minimum absolute atomic E-state index is 0.637. The summed E-state index contributed by atoms with van der Waals surface area (Å²) in [5.41, 5.74) is 1.28. The molecule has 0 N–H and O–H groups in total. The normalized spacial score (nSPS) is 20.1. The predicted molar refractivity (Wildman–Crippen MR) is 82.5 cm³/mol. The number of benzene rings is 1. The third kappa shape index (κ3) is 3.10. The average Bonchev–Trinajstić information content (AvgIpc) is 2.49. The molecule has 0 radical (unpaired) electrons. The lowest BCUT2D eigenvalue weighted by atomic mass is 10.1. The van der Waals surface area contributed by atoms with Gasteiger partial charge in [-0.25, -0.2) is 0 Å². The monoisotopic (exact) mass is 340 g/mol. The van der Waals surface area contributed by atoms with Gasteiger partial charge in [0, 0.05) is 37.2 Å². The van der Waals surface area contributed by atoms with Crippen molar-refractivity contribution >= 4 is 15.9 Å². The molecule has 4 nitrogen and oxygen atoms in total. The van der Waals surface area contributed by atoms with Crippen LogP contribution in [0.4, 0.5) is 0 Å². The molecule has 0 amide bonds. The number of fused-ring (bicyclic) bond motifs is 1. The van der Waals surface area contributed by atoms with E-state index in [0.29, 0.717) is 13.2 Å². The van der Waals surface area contributed by atoms with Crippen molar-refractivity contribution in [2.75, 3.05) is 45.9 Å². The van der Waals surface area contributed by atoms with Crippen molar-refractivity contribution in [3.05, 3.63) is 22.2 Å². The van der Waals surface area contributed by atoms with Gasteiger partial charge in [0.2, 0.25) is 0 Å². The summed E-state index contributed by atoms with van der Waals surface area (Å²) in [6.45, 7) is 10.2. The van der Waals surface area contributed by atoms with Crippen LogP contribution in [0.25, 0.3) is 0 Å². The van der Waals surface area contributed by atoms with Gasteiger partial charge in [-0.2, -0.15) is 0 Å². The fourth-order valence-electron chi connectivity index (χ4n) is 2.73. The number of likely N-dealkylation sites (N-methyl/N-ethyl adjacent to an activating group) is 1. The third-order valence-corrected chi connectivity index (χ3v) is 4.76. The Bertz CT molecular complexity index is 473. The quantitative estimate of drug-likeness (QED) is 0.843. The molecule has 20 heavy (non-hydrogen) atoms. The van der Waals surface area contributed by atoms with E-state index in [1.807, 2.05) is 6.07 Å². The molecule has 1 aromatic carbocycles. The van der Waals surface area contributed by atoms with Gasteiger partial charge < -0.3 is 14.4 Å². The highest BCUT2D eigenvalue weighted by Gasteiger charge is 2.19. The van der Waals surface area contributed by atoms with Crippen LogP contribution < -0.4 is 9.47 Å². The molecule has 0 bridgehead atoms. The summed E-state index contributed by atoms with van der Waals surface area (Å²) >= 11 is 3.66. The maximum absolute atomic E-state index is 5.67. The Morgan fingerprint density at radius 2 is 1.60 bits per heavy atom. The summed E-state index contributed by atoms with van der Waals surface area (Å²) in [7, 11) is 0. The van der Waals surface area contributed by atoms with Crippen molar-refractivity contribution in [1.29, 1.82) is 0 Å². The van der Waals surface area contributed by atoms with Gasteiger partial charge in [-0.15, -0.1) is 0 Å². The van der Waals surface area contributed by atoms with Crippen molar-refractivity contribution < 1.29 is 9.47 Å². The van der Waals surface area contributed by atoms with Crippen molar-refractivity contribution in [2.45, 2.75) is 13.5 Å². The van der Waals surface area contributed by atoms with Crippen LogP contribution in [0.2, 0.25) is 0 Å². The lowest BCUT2D eigenvalue weighted by Gasteiger charge is -2.34. The first-order chi connectivity index (χ1) is 9.76. The Balaban J connectivity index is 1.68. The Hall–Kier alpha value is -0.780. The minimum atomic E-state index is 0.637. The number of hydrogen-bond acceptors (Lipinski definition) is 4. The fraction of sp³-hybridized carbons (Fsp3) is 0.600. The highest BCUT2D eigenvalue weighted by atomic mass is 79.9. The number of ether oxygens (including phenoxy) is 2. The van der Waals surface area contributed by atoms with E-state index in [-0.39, 0.29) is 0 Å². The molecule has 0 aromatic heterocycles.